The van der Waals surface area contributed by atoms with Crippen molar-refractivity contribution in [1.29, 1.82) is 0 Å². The zero-order valence-corrected chi connectivity index (χ0v) is 58.1. The number of carbonyl (C=O) groups excluding carboxylic acids is 9. The summed E-state index contributed by atoms with van der Waals surface area (Å²) in [6, 6.07) is -2.81. The molecule has 7 N–H and O–H groups in total. The molecule has 2 aliphatic heterocycles. The number of nitrogens with zero attached hydrogens (tertiary/aromatic N) is 1. The Morgan fingerprint density at radius 2 is 1.60 bits per heavy atom. The topological polar surface area (TPSA) is 315 Å². The first-order valence-electron chi connectivity index (χ1n) is 34.6. The van der Waals surface area contributed by atoms with Crippen LogP contribution >= 0.6 is 0 Å². The van der Waals surface area contributed by atoms with Gasteiger partial charge in [0.2, 0.25) is 11.8 Å². The lowest BCUT2D eigenvalue weighted by atomic mass is 9.58. The van der Waals surface area contributed by atoms with Crippen molar-refractivity contribution >= 4 is 53.0 Å². The van der Waals surface area contributed by atoms with Crippen LogP contribution in [0.5, 0.6) is 0 Å². The number of methoxy groups -OCH3 is 3. The van der Waals surface area contributed by atoms with E-state index < -0.39 is 125 Å². The van der Waals surface area contributed by atoms with Gasteiger partial charge in [-0.2, -0.15) is 0 Å². The number of carbonyl (C=O) groups is 9. The largest absolute Gasteiger partial charge is 0.460 e. The van der Waals surface area contributed by atoms with Gasteiger partial charge in [-0.05, 0) is 152 Å². The van der Waals surface area contributed by atoms with Gasteiger partial charge in [0.15, 0.2) is 5.78 Å². The molecular weight excluding hydrogens is 1210 g/mol. The fourth-order valence-corrected chi connectivity index (χ4v) is 14.8. The number of urea groups is 1. The maximum absolute atomic E-state index is 14.8. The van der Waals surface area contributed by atoms with Gasteiger partial charge in [0.25, 0.3) is 11.7 Å². The number of cyclic esters (lactones) is 1. The number of esters is 2. The van der Waals surface area contributed by atoms with Crippen LogP contribution in [0.15, 0.2) is 36.0 Å². The Morgan fingerprint density at radius 1 is 0.894 bits per heavy atom. The van der Waals surface area contributed by atoms with Crippen molar-refractivity contribution in [1.82, 2.24) is 20.9 Å². The van der Waals surface area contributed by atoms with Gasteiger partial charge in [-0.25, -0.2) is 9.59 Å². The molecule has 1 unspecified atom stereocenters. The van der Waals surface area contributed by atoms with Crippen LogP contribution in [0.1, 0.15) is 197 Å². The molecule has 5 rings (SSSR count). The Kier molecular flexibility index (Phi) is 32.0. The maximum atomic E-state index is 14.8. The van der Waals surface area contributed by atoms with E-state index in [4.69, 9.17) is 34.2 Å². The Labute approximate surface area is 558 Å². The number of aliphatic hydroxyl groups excluding tert-OH is 1. The lowest BCUT2D eigenvalue weighted by Crippen LogP contribution is -2.64. The molecule has 17 atom stereocenters. The molecule has 22 nitrogen and oxygen atoms in total. The minimum atomic E-state index is -2.12. The molecule has 94 heavy (non-hydrogen) atoms. The predicted octanol–water partition coefficient (Wildman–Crippen LogP) is 7.66. The monoisotopic (exact) mass is 1320 g/mol. The fourth-order valence-electron chi connectivity index (χ4n) is 14.8. The van der Waals surface area contributed by atoms with E-state index in [-0.39, 0.29) is 113 Å². The van der Waals surface area contributed by atoms with E-state index >= 15 is 0 Å². The minimum absolute atomic E-state index is 0.0108. The van der Waals surface area contributed by atoms with E-state index in [0.29, 0.717) is 63.4 Å². The van der Waals surface area contributed by atoms with Crippen molar-refractivity contribution < 1.29 is 81.8 Å². The summed E-state index contributed by atoms with van der Waals surface area (Å²) < 4.78 is 36.4. The Hall–Kier alpha value is -5.83. The smallest absolute Gasteiger partial charge is 0.329 e. The number of nitrogens with one attached hydrogen (secondary N) is 3. The summed E-state index contributed by atoms with van der Waals surface area (Å²) in [4.78, 5) is 125. The quantitative estimate of drug-likeness (QED) is 0.0168. The third-order valence-corrected chi connectivity index (χ3v) is 20.3. The highest BCUT2D eigenvalue weighted by atomic mass is 16.6. The molecule has 5 aliphatic rings. The van der Waals surface area contributed by atoms with Crippen molar-refractivity contribution in [3.05, 3.63) is 36.0 Å². The van der Waals surface area contributed by atoms with Gasteiger partial charge in [0.1, 0.15) is 42.3 Å². The highest BCUT2D eigenvalue weighted by Gasteiger charge is 2.60. The molecule has 22 heteroatoms. The zero-order valence-electron chi connectivity index (χ0n) is 58.1. The van der Waals surface area contributed by atoms with Crippen molar-refractivity contribution in [2.75, 3.05) is 47.6 Å². The molecule has 2 saturated carbocycles. The molecule has 3 aliphatic carbocycles. The number of rotatable bonds is 25. The van der Waals surface area contributed by atoms with Crippen LogP contribution in [0.2, 0.25) is 0 Å². The van der Waals surface area contributed by atoms with Crippen molar-refractivity contribution in [3.8, 4) is 11.8 Å². The standard InChI is InChI=1S/C72H113N5O17/c1-13-23-51-35-45(4)34-46(5)36-60(90-11)71(9)43-72(88,48(7)38-61(71)91-12)66(83)68(85)77-33-20-19-27-54(77)69(86)94-65(49(8)55(78)41-56(51)79)47(6)37-50-29-30-58(59(39-50)89-10)93-63(82)28-22-31-74-67(84)52(24-21-32-75-70(73)87)40-57(80)64(44(2)3)76-62(81)42-92-53-25-17-15-14-16-18-26-53/h13,35,37,44,46,48-55,58-61,64-65,78,88H,1,14-17,19-25,27-34,36,38-43H2,2-12H3,(H,74,84)(H,76,81)(H3,73,75,87)/b45-35+,47-37+/t46-,48+,49+,50-,51+,52+,53?,54-,55-,58+,59+,60-,61-,64-,65+,71+,72-/m0/s1. The molecule has 5 amide bonds. The van der Waals surface area contributed by atoms with Crippen LogP contribution in [-0.4, -0.2) is 176 Å². The number of nitrogens with two attached hydrogens (primary N) is 1. The second-order valence-corrected chi connectivity index (χ2v) is 28.2. The van der Waals surface area contributed by atoms with E-state index in [9.17, 15) is 53.4 Å². The molecular formula is C72H113N5O17. The normalized spacial score (nSPS) is 32.4. The molecule has 0 radical (unpaired) electrons. The third kappa shape index (κ3) is 22.6. The summed E-state index contributed by atoms with van der Waals surface area (Å²) in [5.74, 6) is -1.99. The molecule has 1 saturated heterocycles. The number of primary amides is 1. The third-order valence-electron chi connectivity index (χ3n) is 20.3. The first-order chi connectivity index (χ1) is 44.6. The molecule has 3 fully saturated rings. The molecule has 0 spiro atoms. The lowest BCUT2D eigenvalue weighted by molar-refractivity contribution is -0.196. The Morgan fingerprint density at radius 3 is 2.28 bits per heavy atom. The average molecular weight is 1320 g/mol. The van der Waals surface area contributed by atoms with Gasteiger partial charge < -0.3 is 65.2 Å². The first kappa shape index (κ1) is 78.9. The average Bonchev–Trinajstić information content (AvgIpc) is 0.745. The van der Waals surface area contributed by atoms with Crippen LogP contribution in [0.3, 0.4) is 0 Å². The zero-order chi connectivity index (χ0) is 69.5. The van der Waals surface area contributed by atoms with Crippen LogP contribution in [0, 0.1) is 58.7 Å². The minimum Gasteiger partial charge on any atom is -0.460 e. The second kappa shape index (κ2) is 38.2. The van der Waals surface area contributed by atoms with Crippen molar-refractivity contribution in [2.45, 2.75) is 257 Å². The van der Waals surface area contributed by atoms with Crippen LogP contribution < -0.4 is 21.7 Å². The van der Waals surface area contributed by atoms with E-state index in [2.05, 4.69) is 41.3 Å². The number of hydrogen-bond donors (Lipinski definition) is 6. The summed E-state index contributed by atoms with van der Waals surface area (Å²) in [6.45, 7) is 18.8. The summed E-state index contributed by atoms with van der Waals surface area (Å²) in [5.41, 5.74) is 3.74. The number of ether oxygens (including phenoxy) is 6. The van der Waals surface area contributed by atoms with E-state index in [1.54, 1.807) is 54.9 Å². The summed E-state index contributed by atoms with van der Waals surface area (Å²) >= 11 is 0. The number of ketones is 3. The number of allylic oxidation sites excluding steroid dienone is 4. The highest BCUT2D eigenvalue weighted by Crippen LogP contribution is 2.51. The first-order valence-corrected chi connectivity index (χ1v) is 34.6. The molecule has 0 aromatic rings. The number of Topliss-reactive ketones (excluding diaryl/α,β-unsaturated/α-hetero) is 3. The Balaban J connectivity index is 1.28. The van der Waals surface area contributed by atoms with E-state index in [1.165, 1.54) is 12.0 Å². The van der Waals surface area contributed by atoms with Gasteiger partial charge in [-0.3, -0.25) is 33.6 Å². The van der Waals surface area contributed by atoms with Crippen LogP contribution in [0.4, 0.5) is 4.79 Å². The number of hydrogen-bond acceptors (Lipinski definition) is 17. The van der Waals surface area contributed by atoms with Crippen molar-refractivity contribution in [3.63, 3.8) is 0 Å². The Bertz CT molecular complexity index is 2720. The molecule has 2 bridgehead atoms. The van der Waals surface area contributed by atoms with Crippen molar-refractivity contribution in [2.24, 2.45) is 52.6 Å². The lowest BCUT2D eigenvalue weighted by Gasteiger charge is -2.53. The second-order valence-electron chi connectivity index (χ2n) is 28.2. The summed E-state index contributed by atoms with van der Waals surface area (Å²) in [6.07, 6.45) is 9.63. The SMILES string of the molecule is C=CC[C@@H]1/C=C(\C)C[C@H](C)C[C@H](OC)[C@@]2(C)C[C@@](O)(C(=O)C(=O)N3CCCC[C@H]3C(=O)O[C@H](/C(C)=C/[C@@H]3CC[C@@H](OC(=O)CCCNC(=O)[C@H](CCCNC(N)=O)CC(=O)[C@@H](NC(=O)COC4C#CCCCCC4)C(C)C)[C@H](OC)C3)[C@H](C)[C@@H](O)CC1=O)[C@H](C)C[C@@H]2OC. The van der Waals surface area contributed by atoms with Crippen LogP contribution in [0.25, 0.3) is 0 Å². The van der Waals surface area contributed by atoms with Gasteiger partial charge in [-0.15, -0.1) is 12.5 Å². The maximum Gasteiger partial charge on any atom is 0.329 e. The molecule has 528 valence electrons. The number of aliphatic hydroxyl groups is 2. The number of amides is 5. The predicted molar refractivity (Wildman–Crippen MR) is 354 cm³/mol. The highest BCUT2D eigenvalue weighted by molar-refractivity contribution is 6.39. The number of piperidine rings is 1. The van der Waals surface area contributed by atoms with Crippen LogP contribution in [-0.2, 0) is 66.8 Å². The fraction of sp³-hybridized carbons (Fsp3) is 0.764. The summed E-state index contributed by atoms with van der Waals surface area (Å²) in [7, 11) is 4.71. The molecule has 0 aromatic heterocycles. The van der Waals surface area contributed by atoms with Gasteiger partial charge in [0.05, 0.1) is 30.5 Å². The van der Waals surface area contributed by atoms with E-state index in [1.807, 2.05) is 26.0 Å². The van der Waals surface area contributed by atoms with Gasteiger partial charge >= 0.3 is 18.0 Å². The van der Waals surface area contributed by atoms with E-state index in [0.717, 1.165) is 37.7 Å². The van der Waals surface area contributed by atoms with Gasteiger partial charge in [0, 0.05) is 89.8 Å². The molecule has 0 aromatic carbocycles. The summed E-state index contributed by atoms with van der Waals surface area (Å²) in [5, 5.41) is 32.8. The van der Waals surface area contributed by atoms with Gasteiger partial charge in [-0.1, -0.05) is 77.7 Å². The molecule has 2 heterocycles. The number of fused-ring (bicyclic) bond motifs is 3.